The van der Waals surface area contributed by atoms with Gasteiger partial charge in [-0.15, -0.1) is 0 Å². The summed E-state index contributed by atoms with van der Waals surface area (Å²) in [6.07, 6.45) is 0. The molecule has 4 nitrogen and oxygen atoms in total. The predicted octanol–water partition coefficient (Wildman–Crippen LogP) is 3.98. The van der Waals surface area contributed by atoms with Gasteiger partial charge >= 0.3 is 0 Å². The van der Waals surface area contributed by atoms with Gasteiger partial charge in [-0.05, 0) is 48.9 Å². The monoisotopic (exact) mass is 318 g/mol. The summed E-state index contributed by atoms with van der Waals surface area (Å²) in [6.45, 7) is 1.98. The lowest BCUT2D eigenvalue weighted by Gasteiger charge is -2.16. The maximum atomic E-state index is 12.3. The van der Waals surface area contributed by atoms with E-state index in [0.29, 0.717) is 22.0 Å². The van der Waals surface area contributed by atoms with Crippen LogP contribution in [0.25, 0.3) is 0 Å². The molecule has 0 heterocycles. The number of carbonyl (C=O) groups is 1. The molecule has 0 bridgehead atoms. The van der Waals surface area contributed by atoms with E-state index in [0.717, 1.165) is 11.3 Å². The first-order valence-corrected chi connectivity index (χ1v) is 7.23. The zero-order valence-electron chi connectivity index (χ0n) is 13.1. The number of hydrogen-bond acceptors (Lipinski definition) is 3. The SMILES string of the molecule is COc1ccc(NC(=O)c2ccc(N(C)C)c(C)c2)cc1Cl. The fourth-order valence-electron chi connectivity index (χ4n) is 2.25. The van der Waals surface area contributed by atoms with Crippen LogP contribution in [-0.2, 0) is 0 Å². The fraction of sp³-hybridized carbons (Fsp3) is 0.235. The number of ether oxygens (including phenoxy) is 1. The minimum Gasteiger partial charge on any atom is -0.495 e. The average Bonchev–Trinajstić information content (AvgIpc) is 2.46. The van der Waals surface area contributed by atoms with Gasteiger partial charge in [0.1, 0.15) is 5.75 Å². The van der Waals surface area contributed by atoms with Crippen molar-refractivity contribution in [3.63, 3.8) is 0 Å². The first kappa shape index (κ1) is 16.2. The van der Waals surface area contributed by atoms with E-state index < -0.39 is 0 Å². The van der Waals surface area contributed by atoms with Gasteiger partial charge in [0, 0.05) is 31.0 Å². The zero-order chi connectivity index (χ0) is 16.3. The number of amides is 1. The van der Waals surface area contributed by atoms with E-state index in [1.807, 2.05) is 44.1 Å². The molecule has 0 atom stereocenters. The van der Waals surface area contributed by atoms with Gasteiger partial charge in [0.2, 0.25) is 0 Å². The van der Waals surface area contributed by atoms with E-state index in [-0.39, 0.29) is 5.91 Å². The van der Waals surface area contributed by atoms with Crippen LogP contribution < -0.4 is 15.0 Å². The lowest BCUT2D eigenvalue weighted by molar-refractivity contribution is 0.102. The van der Waals surface area contributed by atoms with Crippen LogP contribution in [0.15, 0.2) is 36.4 Å². The third-order valence-corrected chi connectivity index (χ3v) is 3.65. The molecule has 1 N–H and O–H groups in total. The van der Waals surface area contributed by atoms with E-state index >= 15 is 0 Å². The van der Waals surface area contributed by atoms with Crippen LogP contribution in [-0.4, -0.2) is 27.1 Å². The molecule has 0 radical (unpaired) electrons. The number of methoxy groups -OCH3 is 1. The summed E-state index contributed by atoms with van der Waals surface area (Å²) in [7, 11) is 5.50. The molecule has 0 spiro atoms. The molecule has 1 amide bonds. The number of nitrogens with zero attached hydrogens (tertiary/aromatic N) is 1. The zero-order valence-corrected chi connectivity index (χ0v) is 13.9. The molecule has 22 heavy (non-hydrogen) atoms. The number of nitrogens with one attached hydrogen (secondary N) is 1. The van der Waals surface area contributed by atoms with Crippen molar-refractivity contribution in [3.8, 4) is 5.75 Å². The summed E-state index contributed by atoms with van der Waals surface area (Å²) >= 11 is 6.06. The Labute approximate surface area is 135 Å². The van der Waals surface area contributed by atoms with Crippen molar-refractivity contribution >= 4 is 28.9 Å². The highest BCUT2D eigenvalue weighted by molar-refractivity contribution is 6.32. The Morgan fingerprint density at radius 2 is 1.91 bits per heavy atom. The van der Waals surface area contributed by atoms with Crippen LogP contribution in [0.5, 0.6) is 5.75 Å². The minimum absolute atomic E-state index is 0.172. The van der Waals surface area contributed by atoms with E-state index in [1.54, 1.807) is 25.3 Å². The summed E-state index contributed by atoms with van der Waals surface area (Å²) < 4.78 is 5.09. The number of halogens is 1. The molecule has 2 aromatic carbocycles. The average molecular weight is 319 g/mol. The molecule has 0 aliphatic heterocycles. The molecular formula is C17H19ClN2O2. The van der Waals surface area contributed by atoms with Crippen molar-refractivity contribution in [2.45, 2.75) is 6.92 Å². The Hall–Kier alpha value is -2.20. The molecule has 2 rings (SSSR count). The molecule has 0 saturated carbocycles. The third-order valence-electron chi connectivity index (χ3n) is 3.35. The van der Waals surface area contributed by atoms with Gasteiger partial charge in [-0.3, -0.25) is 4.79 Å². The Balaban J connectivity index is 2.19. The van der Waals surface area contributed by atoms with Gasteiger partial charge in [-0.25, -0.2) is 0 Å². The number of aryl methyl sites for hydroxylation is 1. The highest BCUT2D eigenvalue weighted by atomic mass is 35.5. The van der Waals surface area contributed by atoms with Crippen LogP contribution in [0.3, 0.4) is 0 Å². The second kappa shape index (κ2) is 6.71. The topological polar surface area (TPSA) is 41.6 Å². The van der Waals surface area contributed by atoms with E-state index in [9.17, 15) is 4.79 Å². The standard InChI is InChI=1S/C17H19ClN2O2/c1-11-9-12(5-7-15(11)20(2)3)17(21)19-13-6-8-16(22-4)14(18)10-13/h5-10H,1-4H3,(H,19,21). The molecule has 2 aromatic rings. The summed E-state index contributed by atoms with van der Waals surface area (Å²) in [6, 6.07) is 10.8. The molecule has 0 aliphatic rings. The third kappa shape index (κ3) is 3.52. The van der Waals surface area contributed by atoms with Gasteiger partial charge < -0.3 is 15.0 Å². The van der Waals surface area contributed by atoms with E-state index in [4.69, 9.17) is 16.3 Å². The van der Waals surface area contributed by atoms with Gasteiger partial charge in [0.15, 0.2) is 0 Å². The highest BCUT2D eigenvalue weighted by Gasteiger charge is 2.10. The Morgan fingerprint density at radius 1 is 1.18 bits per heavy atom. The largest absolute Gasteiger partial charge is 0.495 e. The normalized spacial score (nSPS) is 10.2. The van der Waals surface area contributed by atoms with Crippen LogP contribution in [0.4, 0.5) is 11.4 Å². The van der Waals surface area contributed by atoms with Crippen LogP contribution in [0.2, 0.25) is 5.02 Å². The van der Waals surface area contributed by atoms with Crippen LogP contribution in [0, 0.1) is 6.92 Å². The summed E-state index contributed by atoms with van der Waals surface area (Å²) in [5.74, 6) is 0.403. The summed E-state index contributed by atoms with van der Waals surface area (Å²) in [4.78, 5) is 14.3. The molecule has 0 unspecified atom stereocenters. The fourth-order valence-corrected chi connectivity index (χ4v) is 2.50. The Kier molecular flexibility index (Phi) is 4.93. The molecule has 5 heteroatoms. The maximum Gasteiger partial charge on any atom is 0.255 e. The first-order chi connectivity index (χ1) is 10.4. The number of benzene rings is 2. The number of anilines is 2. The summed E-state index contributed by atoms with van der Waals surface area (Å²) in [5.41, 5.74) is 3.37. The Morgan fingerprint density at radius 3 is 2.45 bits per heavy atom. The van der Waals surface area contributed by atoms with Crippen molar-refractivity contribution in [1.82, 2.24) is 0 Å². The van der Waals surface area contributed by atoms with Crippen LogP contribution in [0.1, 0.15) is 15.9 Å². The molecule has 0 fully saturated rings. The smallest absolute Gasteiger partial charge is 0.255 e. The van der Waals surface area contributed by atoms with E-state index in [1.165, 1.54) is 0 Å². The quantitative estimate of drug-likeness (QED) is 0.927. The van der Waals surface area contributed by atoms with Crippen LogP contribution >= 0.6 is 11.6 Å². The van der Waals surface area contributed by atoms with Crippen molar-refractivity contribution in [3.05, 3.63) is 52.5 Å². The molecule has 0 aromatic heterocycles. The lowest BCUT2D eigenvalue weighted by Crippen LogP contribution is -2.14. The van der Waals surface area contributed by atoms with Crippen molar-refractivity contribution < 1.29 is 9.53 Å². The number of hydrogen-bond donors (Lipinski definition) is 1. The Bertz CT molecular complexity index is 699. The van der Waals surface area contributed by atoms with Gasteiger partial charge in [0.25, 0.3) is 5.91 Å². The second-order valence-corrected chi connectivity index (χ2v) is 5.61. The van der Waals surface area contributed by atoms with Crippen molar-refractivity contribution in [1.29, 1.82) is 0 Å². The maximum absolute atomic E-state index is 12.3. The van der Waals surface area contributed by atoms with Crippen molar-refractivity contribution in [2.24, 2.45) is 0 Å². The second-order valence-electron chi connectivity index (χ2n) is 5.20. The molecule has 0 aliphatic carbocycles. The molecule has 0 saturated heterocycles. The van der Waals surface area contributed by atoms with Gasteiger partial charge in [0.05, 0.1) is 12.1 Å². The van der Waals surface area contributed by atoms with E-state index in [2.05, 4.69) is 5.32 Å². The highest BCUT2D eigenvalue weighted by Crippen LogP contribution is 2.27. The predicted molar refractivity (Wildman–Crippen MR) is 91.5 cm³/mol. The molecule has 116 valence electrons. The minimum atomic E-state index is -0.172. The first-order valence-electron chi connectivity index (χ1n) is 6.85. The van der Waals surface area contributed by atoms with Gasteiger partial charge in [-0.1, -0.05) is 11.6 Å². The van der Waals surface area contributed by atoms with Gasteiger partial charge in [-0.2, -0.15) is 0 Å². The lowest BCUT2D eigenvalue weighted by atomic mass is 10.1. The number of carbonyl (C=O) groups excluding carboxylic acids is 1. The van der Waals surface area contributed by atoms with Crippen molar-refractivity contribution in [2.75, 3.05) is 31.4 Å². The summed E-state index contributed by atoms with van der Waals surface area (Å²) in [5, 5.41) is 3.29. The molecular weight excluding hydrogens is 300 g/mol. The number of rotatable bonds is 4.